The van der Waals surface area contributed by atoms with Crippen molar-refractivity contribution in [3.8, 4) is 0 Å². The number of hydrogen-bond donors (Lipinski definition) is 1. The number of hydrogen-bond acceptors (Lipinski definition) is 1. The Morgan fingerprint density at radius 2 is 1.92 bits per heavy atom. The number of unbranched alkanes of at least 4 members (excludes halogenated alkanes) is 1. The van der Waals surface area contributed by atoms with Gasteiger partial charge in [0.05, 0.1) is 5.92 Å². The van der Waals surface area contributed by atoms with E-state index in [9.17, 15) is 4.79 Å². The minimum atomic E-state index is -0.643. The van der Waals surface area contributed by atoms with Gasteiger partial charge < -0.3 is 5.11 Å². The zero-order chi connectivity index (χ0) is 7.98. The summed E-state index contributed by atoms with van der Waals surface area (Å²) in [7, 11) is 0. The molecule has 0 aromatic heterocycles. The van der Waals surface area contributed by atoms with Gasteiger partial charge in [0.2, 0.25) is 0 Å². The summed E-state index contributed by atoms with van der Waals surface area (Å²) in [6.45, 7) is 4.00. The molecule has 0 rings (SSSR count). The van der Waals surface area contributed by atoms with Crippen molar-refractivity contribution < 1.29 is 46.2 Å². The van der Waals surface area contributed by atoms with E-state index in [-0.39, 0.29) is 42.2 Å². The van der Waals surface area contributed by atoms with Crippen LogP contribution in [0.2, 0.25) is 0 Å². The predicted octanol–water partition coefficient (Wildman–Crippen LogP) is 2.28. The third-order valence-corrected chi connectivity index (χ3v) is 1.75. The summed E-state index contributed by atoms with van der Waals surface area (Å²) in [5.74, 6) is -0.754. The molecule has 0 saturated heterocycles. The summed E-state index contributed by atoms with van der Waals surface area (Å²) in [6, 6.07) is 0. The first-order chi connectivity index (χ1) is 4.72. The van der Waals surface area contributed by atoms with Crippen LogP contribution in [0.1, 0.15) is 39.5 Å². The van der Waals surface area contributed by atoms with Gasteiger partial charge in [0.25, 0.3) is 0 Å². The van der Waals surface area contributed by atoms with Gasteiger partial charge in [-0.25, -0.2) is 0 Å². The molecule has 0 amide bonds. The maximum Gasteiger partial charge on any atom is 0.306 e. The summed E-state index contributed by atoms with van der Waals surface area (Å²) in [5, 5.41) is 8.60. The van der Waals surface area contributed by atoms with Crippen molar-refractivity contribution in [1.82, 2.24) is 0 Å². The smallest absolute Gasteiger partial charge is 0.306 e. The summed E-state index contributed by atoms with van der Waals surface area (Å²) in [4.78, 5) is 10.4. The Morgan fingerprint density at radius 1 is 1.42 bits per heavy atom. The number of carbonyl (C=O) groups is 1. The van der Waals surface area contributed by atoms with E-state index in [1.807, 2.05) is 6.92 Å². The molecule has 0 aliphatic carbocycles. The van der Waals surface area contributed by atoms with Crippen molar-refractivity contribution in [2.45, 2.75) is 39.5 Å². The van der Waals surface area contributed by atoms with Gasteiger partial charge in [0.15, 0.2) is 0 Å². The third kappa shape index (κ3) is 8.69. The Morgan fingerprint density at radius 3 is 2.17 bits per heavy atom. The molecule has 1 N–H and O–H groups in total. The van der Waals surface area contributed by atoms with E-state index in [1.165, 1.54) is 0 Å². The normalized spacial score (nSPS) is 10.8. The Labute approximate surface area is 97.5 Å². The summed E-state index contributed by atoms with van der Waals surface area (Å²) < 4.78 is 0. The van der Waals surface area contributed by atoms with Crippen LogP contribution in [-0.2, 0) is 41.1 Å². The Bertz CT molecular complexity index is 109. The SMILES string of the molecule is CCCCC(CC)C(=O)O.[Co].[Zn]. The van der Waals surface area contributed by atoms with Crippen molar-refractivity contribution in [2.75, 3.05) is 0 Å². The van der Waals surface area contributed by atoms with Crippen LogP contribution in [-0.4, -0.2) is 11.1 Å². The quantitative estimate of drug-likeness (QED) is 0.777. The van der Waals surface area contributed by atoms with Gasteiger partial charge in [0.1, 0.15) is 0 Å². The molecule has 4 heteroatoms. The molecule has 0 aromatic carbocycles. The first-order valence-electron chi connectivity index (χ1n) is 3.95. The first kappa shape index (κ1) is 18.4. The average molecular weight is 269 g/mol. The Kier molecular flexibility index (Phi) is 17.8. The number of carboxylic acid groups (broad SMARTS) is 1. The van der Waals surface area contributed by atoms with Crippen molar-refractivity contribution >= 4 is 5.97 Å². The van der Waals surface area contributed by atoms with Gasteiger partial charge in [-0.15, -0.1) is 0 Å². The Balaban J connectivity index is -0.000000405. The van der Waals surface area contributed by atoms with Gasteiger partial charge in [-0.1, -0.05) is 26.7 Å². The van der Waals surface area contributed by atoms with E-state index < -0.39 is 5.97 Å². The molecule has 0 spiro atoms. The number of rotatable bonds is 5. The van der Waals surface area contributed by atoms with Crippen LogP contribution in [0.15, 0.2) is 0 Å². The molecular weight excluding hydrogens is 252 g/mol. The molecule has 0 saturated carbocycles. The van der Waals surface area contributed by atoms with Gasteiger partial charge in [-0.05, 0) is 12.8 Å². The molecule has 12 heavy (non-hydrogen) atoms. The molecule has 1 radical (unpaired) electrons. The second kappa shape index (κ2) is 11.6. The molecule has 71 valence electrons. The van der Waals surface area contributed by atoms with Gasteiger partial charge >= 0.3 is 5.97 Å². The van der Waals surface area contributed by atoms with Crippen LogP contribution in [0, 0.1) is 5.92 Å². The molecule has 0 aromatic rings. The molecule has 1 atom stereocenters. The minimum absolute atomic E-state index is 0. The molecule has 0 aliphatic heterocycles. The molecule has 0 bridgehead atoms. The molecule has 1 unspecified atom stereocenters. The fourth-order valence-electron chi connectivity index (χ4n) is 0.953. The summed E-state index contributed by atoms with van der Waals surface area (Å²) in [6.07, 6.45) is 3.71. The zero-order valence-electron chi connectivity index (χ0n) is 7.80. The van der Waals surface area contributed by atoms with Crippen molar-refractivity contribution in [1.29, 1.82) is 0 Å². The fourth-order valence-corrected chi connectivity index (χ4v) is 0.953. The van der Waals surface area contributed by atoms with Crippen molar-refractivity contribution in [3.05, 3.63) is 0 Å². The van der Waals surface area contributed by atoms with Gasteiger partial charge in [-0.2, -0.15) is 0 Å². The second-order valence-corrected chi connectivity index (χ2v) is 2.59. The maximum atomic E-state index is 10.4. The predicted molar refractivity (Wildman–Crippen MR) is 40.9 cm³/mol. The number of carboxylic acids is 1. The van der Waals surface area contributed by atoms with Crippen LogP contribution >= 0.6 is 0 Å². The topological polar surface area (TPSA) is 37.3 Å². The van der Waals surface area contributed by atoms with Gasteiger partial charge in [-0.3, -0.25) is 4.79 Å². The molecular formula is C8H16CoO2Zn. The van der Waals surface area contributed by atoms with E-state index >= 15 is 0 Å². The van der Waals surface area contributed by atoms with Crippen LogP contribution in [0.5, 0.6) is 0 Å². The van der Waals surface area contributed by atoms with Crippen LogP contribution in [0.3, 0.4) is 0 Å². The summed E-state index contributed by atoms with van der Waals surface area (Å²) in [5.41, 5.74) is 0. The van der Waals surface area contributed by atoms with E-state index in [1.54, 1.807) is 0 Å². The molecule has 0 aliphatic rings. The minimum Gasteiger partial charge on any atom is -0.481 e. The van der Waals surface area contributed by atoms with Crippen molar-refractivity contribution in [2.24, 2.45) is 5.92 Å². The zero-order valence-corrected chi connectivity index (χ0v) is 11.8. The van der Waals surface area contributed by atoms with Crippen molar-refractivity contribution in [3.63, 3.8) is 0 Å². The van der Waals surface area contributed by atoms with Crippen LogP contribution in [0.4, 0.5) is 0 Å². The van der Waals surface area contributed by atoms with Gasteiger partial charge in [0, 0.05) is 36.3 Å². The molecule has 0 fully saturated rings. The monoisotopic (exact) mass is 267 g/mol. The van der Waals surface area contributed by atoms with Crippen LogP contribution < -0.4 is 0 Å². The van der Waals surface area contributed by atoms with E-state index in [0.29, 0.717) is 0 Å². The Hall–Kier alpha value is 0.600. The average Bonchev–Trinajstić information content (AvgIpc) is 1.89. The number of aliphatic carboxylic acids is 1. The molecule has 2 nitrogen and oxygen atoms in total. The van der Waals surface area contributed by atoms with Crippen LogP contribution in [0.25, 0.3) is 0 Å². The van der Waals surface area contributed by atoms with E-state index in [4.69, 9.17) is 5.11 Å². The molecule has 0 heterocycles. The first-order valence-corrected chi connectivity index (χ1v) is 3.95. The largest absolute Gasteiger partial charge is 0.481 e. The van der Waals surface area contributed by atoms with E-state index in [2.05, 4.69) is 6.92 Å². The van der Waals surface area contributed by atoms with E-state index in [0.717, 1.165) is 25.7 Å². The standard InChI is InChI=1S/C8H16O2.Co.Zn/c1-3-5-6-7(4-2)8(9)10;;/h7H,3-6H2,1-2H3,(H,9,10);;. The fraction of sp³-hybridized carbons (Fsp3) is 0.875. The maximum absolute atomic E-state index is 10.4. The summed E-state index contributed by atoms with van der Waals surface area (Å²) >= 11 is 0. The second-order valence-electron chi connectivity index (χ2n) is 2.59. The third-order valence-electron chi connectivity index (χ3n) is 1.75.